The van der Waals surface area contributed by atoms with Gasteiger partial charge in [-0.1, -0.05) is 40.0 Å². The lowest BCUT2D eigenvalue weighted by Crippen LogP contribution is -2.58. The van der Waals surface area contributed by atoms with Crippen LogP contribution in [0.4, 0.5) is 0 Å². The molecule has 2 atom stereocenters. The largest absolute Gasteiger partial charge is 0.311 e. The Labute approximate surface area is 120 Å². The first-order valence-corrected chi connectivity index (χ1v) is 8.43. The van der Waals surface area contributed by atoms with E-state index in [2.05, 4.69) is 37.9 Å². The molecule has 0 amide bonds. The summed E-state index contributed by atoms with van der Waals surface area (Å²) in [7, 11) is 0. The van der Waals surface area contributed by atoms with Crippen molar-refractivity contribution < 1.29 is 0 Å². The number of nitrogens with zero attached hydrogens (tertiary/aromatic N) is 1. The molecule has 2 nitrogen and oxygen atoms in total. The molecule has 19 heavy (non-hydrogen) atoms. The van der Waals surface area contributed by atoms with Crippen LogP contribution in [0.2, 0.25) is 0 Å². The van der Waals surface area contributed by atoms with Crippen LogP contribution in [0.15, 0.2) is 0 Å². The van der Waals surface area contributed by atoms with E-state index in [4.69, 9.17) is 0 Å². The van der Waals surface area contributed by atoms with E-state index < -0.39 is 0 Å². The third kappa shape index (κ3) is 4.75. The zero-order valence-corrected chi connectivity index (χ0v) is 13.5. The first-order chi connectivity index (χ1) is 8.96. The third-order valence-electron chi connectivity index (χ3n) is 5.00. The second-order valence-corrected chi connectivity index (χ2v) is 8.08. The van der Waals surface area contributed by atoms with Crippen LogP contribution in [0.5, 0.6) is 0 Å². The SMILES string of the molecule is CC1CN(CCC(C)(C)C)C(C2CCCCC2)CN1. The van der Waals surface area contributed by atoms with E-state index in [0.29, 0.717) is 11.5 Å². The maximum Gasteiger partial charge on any atom is 0.0249 e. The minimum Gasteiger partial charge on any atom is -0.311 e. The molecule has 112 valence electrons. The van der Waals surface area contributed by atoms with Crippen molar-refractivity contribution in [2.75, 3.05) is 19.6 Å². The summed E-state index contributed by atoms with van der Waals surface area (Å²) in [5.74, 6) is 0.953. The highest BCUT2D eigenvalue weighted by Crippen LogP contribution is 2.31. The standard InChI is InChI=1S/C17H34N2/c1-14-13-19(11-10-17(2,3)4)16(12-18-14)15-8-6-5-7-9-15/h14-16,18H,5-13H2,1-4H3. The summed E-state index contributed by atoms with van der Waals surface area (Å²) >= 11 is 0. The van der Waals surface area contributed by atoms with Gasteiger partial charge in [-0.2, -0.15) is 0 Å². The number of piperazine rings is 1. The predicted octanol–water partition coefficient (Wildman–Crippen LogP) is 3.67. The van der Waals surface area contributed by atoms with Gasteiger partial charge in [0.1, 0.15) is 0 Å². The molecular weight excluding hydrogens is 232 g/mol. The van der Waals surface area contributed by atoms with Gasteiger partial charge in [-0.15, -0.1) is 0 Å². The molecule has 2 unspecified atom stereocenters. The molecule has 0 radical (unpaired) electrons. The van der Waals surface area contributed by atoms with E-state index in [-0.39, 0.29) is 0 Å². The van der Waals surface area contributed by atoms with Gasteiger partial charge in [0.05, 0.1) is 0 Å². The highest BCUT2D eigenvalue weighted by Gasteiger charge is 2.32. The van der Waals surface area contributed by atoms with Crippen molar-refractivity contribution in [3.63, 3.8) is 0 Å². The van der Waals surface area contributed by atoms with Crippen LogP contribution in [-0.2, 0) is 0 Å². The molecule has 2 rings (SSSR count). The Balaban J connectivity index is 1.93. The molecule has 1 aliphatic heterocycles. The summed E-state index contributed by atoms with van der Waals surface area (Å²) in [5.41, 5.74) is 0.464. The Bertz CT molecular complexity index is 263. The van der Waals surface area contributed by atoms with Crippen molar-refractivity contribution in [3.05, 3.63) is 0 Å². The Kier molecular flexibility index (Phi) is 5.30. The summed E-state index contributed by atoms with van der Waals surface area (Å²) in [5, 5.41) is 3.71. The minimum absolute atomic E-state index is 0.464. The lowest BCUT2D eigenvalue weighted by molar-refractivity contribution is 0.0659. The van der Waals surface area contributed by atoms with Gasteiger partial charge in [0.15, 0.2) is 0 Å². The molecule has 1 N–H and O–H groups in total. The maximum absolute atomic E-state index is 3.71. The average Bonchev–Trinajstić information content (AvgIpc) is 2.37. The second kappa shape index (κ2) is 6.58. The van der Waals surface area contributed by atoms with Gasteiger partial charge in [-0.05, 0) is 44.1 Å². The van der Waals surface area contributed by atoms with E-state index in [1.165, 1.54) is 58.2 Å². The highest BCUT2D eigenvalue weighted by atomic mass is 15.2. The summed E-state index contributed by atoms with van der Waals surface area (Å²) in [6.45, 7) is 13.2. The van der Waals surface area contributed by atoms with Gasteiger partial charge in [0.25, 0.3) is 0 Å². The summed E-state index contributed by atoms with van der Waals surface area (Å²) in [6.07, 6.45) is 8.64. The number of rotatable bonds is 3. The lowest BCUT2D eigenvalue weighted by Gasteiger charge is -2.45. The predicted molar refractivity (Wildman–Crippen MR) is 83.5 cm³/mol. The molecule has 2 heteroatoms. The zero-order valence-electron chi connectivity index (χ0n) is 13.5. The van der Waals surface area contributed by atoms with E-state index in [9.17, 15) is 0 Å². The molecule has 2 aliphatic rings. The number of nitrogens with one attached hydrogen (secondary N) is 1. The average molecular weight is 266 g/mol. The van der Waals surface area contributed by atoms with E-state index in [0.717, 1.165) is 12.0 Å². The second-order valence-electron chi connectivity index (χ2n) is 8.08. The molecule has 0 bridgehead atoms. The van der Waals surface area contributed by atoms with Crippen molar-refractivity contribution in [2.24, 2.45) is 11.3 Å². The first-order valence-electron chi connectivity index (χ1n) is 8.43. The fourth-order valence-corrected chi connectivity index (χ4v) is 3.72. The summed E-state index contributed by atoms with van der Waals surface area (Å²) in [6, 6.07) is 1.47. The van der Waals surface area contributed by atoms with Crippen molar-refractivity contribution in [1.82, 2.24) is 10.2 Å². The Morgan fingerprint density at radius 3 is 2.42 bits per heavy atom. The molecule has 1 saturated heterocycles. The molecule has 2 fully saturated rings. The Hall–Kier alpha value is -0.0800. The van der Waals surface area contributed by atoms with Gasteiger partial charge in [-0.3, -0.25) is 4.90 Å². The van der Waals surface area contributed by atoms with Crippen LogP contribution in [0.1, 0.15) is 66.2 Å². The number of hydrogen-bond acceptors (Lipinski definition) is 2. The van der Waals surface area contributed by atoms with Gasteiger partial charge in [-0.25, -0.2) is 0 Å². The van der Waals surface area contributed by atoms with Crippen molar-refractivity contribution >= 4 is 0 Å². The van der Waals surface area contributed by atoms with Gasteiger partial charge >= 0.3 is 0 Å². The third-order valence-corrected chi connectivity index (χ3v) is 5.00. The Morgan fingerprint density at radius 1 is 1.11 bits per heavy atom. The lowest BCUT2D eigenvalue weighted by atomic mass is 9.81. The summed E-state index contributed by atoms with van der Waals surface area (Å²) in [4.78, 5) is 2.81. The molecular formula is C17H34N2. The smallest absolute Gasteiger partial charge is 0.0249 e. The van der Waals surface area contributed by atoms with Crippen LogP contribution in [0, 0.1) is 11.3 Å². The van der Waals surface area contributed by atoms with Crippen molar-refractivity contribution in [3.8, 4) is 0 Å². The molecule has 0 aromatic carbocycles. The molecule has 1 heterocycles. The van der Waals surface area contributed by atoms with Gasteiger partial charge in [0, 0.05) is 25.2 Å². The molecule has 0 aromatic heterocycles. The van der Waals surface area contributed by atoms with Gasteiger partial charge < -0.3 is 5.32 Å². The number of hydrogen-bond donors (Lipinski definition) is 1. The van der Waals surface area contributed by atoms with E-state index in [1.54, 1.807) is 0 Å². The van der Waals surface area contributed by atoms with Crippen LogP contribution in [0.25, 0.3) is 0 Å². The maximum atomic E-state index is 3.71. The van der Waals surface area contributed by atoms with E-state index >= 15 is 0 Å². The van der Waals surface area contributed by atoms with Crippen LogP contribution in [0.3, 0.4) is 0 Å². The minimum atomic E-state index is 0.464. The van der Waals surface area contributed by atoms with Crippen LogP contribution < -0.4 is 5.32 Å². The fourth-order valence-electron chi connectivity index (χ4n) is 3.72. The molecule has 1 saturated carbocycles. The normalized spacial score (nSPS) is 31.6. The quantitative estimate of drug-likeness (QED) is 0.838. The summed E-state index contributed by atoms with van der Waals surface area (Å²) < 4.78 is 0. The zero-order chi connectivity index (χ0) is 13.9. The van der Waals surface area contributed by atoms with Crippen molar-refractivity contribution in [1.29, 1.82) is 0 Å². The topological polar surface area (TPSA) is 15.3 Å². The van der Waals surface area contributed by atoms with Crippen molar-refractivity contribution in [2.45, 2.75) is 78.3 Å². The monoisotopic (exact) mass is 266 g/mol. The van der Waals surface area contributed by atoms with Crippen LogP contribution in [-0.4, -0.2) is 36.6 Å². The van der Waals surface area contributed by atoms with E-state index in [1.807, 2.05) is 0 Å². The fraction of sp³-hybridized carbons (Fsp3) is 1.00. The van der Waals surface area contributed by atoms with Gasteiger partial charge in [0.2, 0.25) is 0 Å². The molecule has 1 aliphatic carbocycles. The molecule has 0 aromatic rings. The molecule has 0 spiro atoms. The Morgan fingerprint density at radius 2 is 1.79 bits per heavy atom. The van der Waals surface area contributed by atoms with Crippen LogP contribution >= 0.6 is 0 Å². The first kappa shape index (κ1) is 15.3. The highest BCUT2D eigenvalue weighted by molar-refractivity contribution is 4.90.